The Morgan fingerprint density at radius 2 is 1.89 bits per heavy atom. The van der Waals surface area contributed by atoms with Gasteiger partial charge in [0.2, 0.25) is 0 Å². The maximum absolute atomic E-state index is 4.82. The molecule has 0 aromatic carbocycles. The van der Waals surface area contributed by atoms with E-state index in [1.165, 1.54) is 44.3 Å². The van der Waals surface area contributed by atoms with E-state index in [0.29, 0.717) is 5.92 Å². The first-order valence-corrected chi connectivity index (χ1v) is 7.43. The highest BCUT2D eigenvalue weighted by molar-refractivity contribution is 5.02. The molecule has 0 atom stereocenters. The minimum Gasteiger partial charge on any atom is -0.317 e. The molecular formula is C14H24N4. The van der Waals surface area contributed by atoms with Gasteiger partial charge >= 0.3 is 0 Å². The number of aromatic nitrogens is 3. The number of nitrogens with zero attached hydrogens (tertiary/aromatic N) is 3. The molecule has 4 heteroatoms. The van der Waals surface area contributed by atoms with Crippen LogP contribution in [0.2, 0.25) is 0 Å². The number of aryl methyl sites for hydroxylation is 1. The van der Waals surface area contributed by atoms with Crippen LogP contribution < -0.4 is 5.32 Å². The minimum absolute atomic E-state index is 0.637. The molecule has 0 bridgehead atoms. The summed E-state index contributed by atoms with van der Waals surface area (Å²) in [6, 6.07) is 0. The molecule has 3 rings (SSSR count). The van der Waals surface area contributed by atoms with Crippen LogP contribution in [0.25, 0.3) is 0 Å². The summed E-state index contributed by atoms with van der Waals surface area (Å²) in [6.45, 7) is 2.33. The van der Waals surface area contributed by atoms with Crippen molar-refractivity contribution in [2.75, 3.05) is 13.1 Å². The zero-order chi connectivity index (χ0) is 12.4. The Kier molecular flexibility index (Phi) is 3.64. The van der Waals surface area contributed by atoms with Crippen LogP contribution in [0.1, 0.15) is 56.1 Å². The standard InChI is InChI=1S/C14H24N4/c1-18-13(10-11-6-8-15-9-7-11)16-14(17-18)12-4-2-3-5-12/h11-12,15H,2-10H2,1H3. The van der Waals surface area contributed by atoms with Crippen LogP contribution >= 0.6 is 0 Å². The van der Waals surface area contributed by atoms with Crippen molar-refractivity contribution in [3.63, 3.8) is 0 Å². The molecule has 2 aliphatic rings. The fourth-order valence-electron chi connectivity index (χ4n) is 3.32. The topological polar surface area (TPSA) is 42.7 Å². The SMILES string of the molecule is Cn1nc(C2CCCC2)nc1CC1CCNCC1. The summed E-state index contributed by atoms with van der Waals surface area (Å²) in [5.74, 6) is 3.74. The largest absolute Gasteiger partial charge is 0.317 e. The Labute approximate surface area is 109 Å². The molecule has 1 aliphatic carbocycles. The second-order valence-corrected chi connectivity index (χ2v) is 5.89. The highest BCUT2D eigenvalue weighted by atomic mass is 15.3. The molecule has 1 N–H and O–H groups in total. The number of rotatable bonds is 3. The van der Waals surface area contributed by atoms with E-state index in [1.807, 2.05) is 4.68 Å². The van der Waals surface area contributed by atoms with Gasteiger partial charge in [-0.05, 0) is 44.7 Å². The Morgan fingerprint density at radius 3 is 2.61 bits per heavy atom. The van der Waals surface area contributed by atoms with E-state index < -0.39 is 0 Å². The van der Waals surface area contributed by atoms with Gasteiger partial charge in [0.1, 0.15) is 5.82 Å². The van der Waals surface area contributed by atoms with E-state index in [0.717, 1.165) is 31.3 Å². The van der Waals surface area contributed by atoms with Crippen LogP contribution in [-0.4, -0.2) is 27.9 Å². The number of hydrogen-bond donors (Lipinski definition) is 1. The van der Waals surface area contributed by atoms with Crippen molar-refractivity contribution in [1.82, 2.24) is 20.1 Å². The van der Waals surface area contributed by atoms with Gasteiger partial charge in [-0.3, -0.25) is 4.68 Å². The first-order chi connectivity index (χ1) is 8.83. The number of nitrogens with one attached hydrogen (secondary N) is 1. The predicted molar refractivity (Wildman–Crippen MR) is 71.5 cm³/mol. The monoisotopic (exact) mass is 248 g/mol. The zero-order valence-electron chi connectivity index (χ0n) is 11.4. The van der Waals surface area contributed by atoms with E-state index in [4.69, 9.17) is 4.98 Å². The van der Waals surface area contributed by atoms with E-state index in [2.05, 4.69) is 17.5 Å². The molecule has 0 unspecified atom stereocenters. The maximum atomic E-state index is 4.82. The fraction of sp³-hybridized carbons (Fsp3) is 0.857. The van der Waals surface area contributed by atoms with Crippen molar-refractivity contribution >= 4 is 0 Å². The molecule has 2 fully saturated rings. The first kappa shape index (κ1) is 12.2. The van der Waals surface area contributed by atoms with Gasteiger partial charge in [0, 0.05) is 19.4 Å². The first-order valence-electron chi connectivity index (χ1n) is 7.43. The van der Waals surface area contributed by atoms with Gasteiger partial charge in [-0.15, -0.1) is 0 Å². The summed E-state index contributed by atoms with van der Waals surface area (Å²) in [5.41, 5.74) is 0. The summed E-state index contributed by atoms with van der Waals surface area (Å²) in [4.78, 5) is 4.82. The van der Waals surface area contributed by atoms with Crippen molar-refractivity contribution in [2.24, 2.45) is 13.0 Å². The highest BCUT2D eigenvalue weighted by Gasteiger charge is 2.23. The smallest absolute Gasteiger partial charge is 0.154 e. The van der Waals surface area contributed by atoms with Gasteiger partial charge in [0.15, 0.2) is 5.82 Å². The molecule has 2 heterocycles. The summed E-state index contributed by atoms with van der Waals surface area (Å²) < 4.78 is 2.02. The molecule has 18 heavy (non-hydrogen) atoms. The van der Waals surface area contributed by atoms with Crippen molar-refractivity contribution in [2.45, 2.75) is 50.9 Å². The summed E-state index contributed by atoms with van der Waals surface area (Å²) in [5, 5.41) is 8.07. The zero-order valence-corrected chi connectivity index (χ0v) is 11.4. The Balaban J connectivity index is 1.67. The Bertz CT molecular complexity index is 386. The average molecular weight is 248 g/mol. The highest BCUT2D eigenvalue weighted by Crippen LogP contribution is 2.32. The van der Waals surface area contributed by atoms with Crippen LogP contribution in [-0.2, 0) is 13.5 Å². The predicted octanol–water partition coefficient (Wildman–Crippen LogP) is 2.01. The van der Waals surface area contributed by atoms with Gasteiger partial charge < -0.3 is 5.32 Å². The van der Waals surface area contributed by atoms with E-state index >= 15 is 0 Å². The van der Waals surface area contributed by atoms with E-state index in [-0.39, 0.29) is 0 Å². The van der Waals surface area contributed by atoms with Crippen LogP contribution in [0.4, 0.5) is 0 Å². The summed E-state index contributed by atoms with van der Waals surface area (Å²) in [6.07, 6.45) is 8.96. The Morgan fingerprint density at radius 1 is 1.17 bits per heavy atom. The Hall–Kier alpha value is -0.900. The minimum atomic E-state index is 0.637. The third kappa shape index (κ3) is 2.58. The van der Waals surface area contributed by atoms with Gasteiger partial charge in [-0.1, -0.05) is 12.8 Å². The van der Waals surface area contributed by atoms with Gasteiger partial charge in [0.25, 0.3) is 0 Å². The summed E-state index contributed by atoms with van der Waals surface area (Å²) >= 11 is 0. The maximum Gasteiger partial charge on any atom is 0.154 e. The quantitative estimate of drug-likeness (QED) is 0.890. The number of piperidine rings is 1. The summed E-state index contributed by atoms with van der Waals surface area (Å²) in [7, 11) is 2.06. The molecule has 1 saturated heterocycles. The normalized spacial score (nSPS) is 22.7. The molecule has 1 aliphatic heterocycles. The van der Waals surface area contributed by atoms with Crippen LogP contribution in [0.5, 0.6) is 0 Å². The molecule has 100 valence electrons. The molecule has 1 saturated carbocycles. The van der Waals surface area contributed by atoms with Gasteiger partial charge in [-0.25, -0.2) is 4.98 Å². The molecule has 0 spiro atoms. The molecule has 1 aromatic rings. The van der Waals surface area contributed by atoms with Crippen molar-refractivity contribution < 1.29 is 0 Å². The van der Waals surface area contributed by atoms with Crippen LogP contribution in [0.15, 0.2) is 0 Å². The number of hydrogen-bond acceptors (Lipinski definition) is 3. The lowest BCUT2D eigenvalue weighted by Gasteiger charge is -2.21. The van der Waals surface area contributed by atoms with Gasteiger partial charge in [-0.2, -0.15) is 5.10 Å². The van der Waals surface area contributed by atoms with Crippen molar-refractivity contribution in [1.29, 1.82) is 0 Å². The third-order valence-electron chi connectivity index (χ3n) is 4.52. The lowest BCUT2D eigenvalue weighted by atomic mass is 9.94. The average Bonchev–Trinajstić information content (AvgIpc) is 3.01. The second-order valence-electron chi connectivity index (χ2n) is 5.89. The second kappa shape index (κ2) is 5.39. The lowest BCUT2D eigenvalue weighted by molar-refractivity contribution is 0.363. The van der Waals surface area contributed by atoms with Crippen LogP contribution in [0.3, 0.4) is 0 Å². The molecular weight excluding hydrogens is 224 g/mol. The lowest BCUT2D eigenvalue weighted by Crippen LogP contribution is -2.29. The van der Waals surface area contributed by atoms with Gasteiger partial charge in [0.05, 0.1) is 0 Å². The molecule has 4 nitrogen and oxygen atoms in total. The van der Waals surface area contributed by atoms with E-state index in [9.17, 15) is 0 Å². The molecule has 1 aromatic heterocycles. The third-order valence-corrected chi connectivity index (χ3v) is 4.52. The van der Waals surface area contributed by atoms with Crippen molar-refractivity contribution in [3.8, 4) is 0 Å². The molecule has 0 amide bonds. The van der Waals surface area contributed by atoms with Crippen molar-refractivity contribution in [3.05, 3.63) is 11.6 Å². The molecule has 0 radical (unpaired) electrons. The van der Waals surface area contributed by atoms with E-state index in [1.54, 1.807) is 0 Å². The fourth-order valence-corrected chi connectivity index (χ4v) is 3.32. The van der Waals surface area contributed by atoms with Crippen LogP contribution in [0, 0.1) is 5.92 Å².